The molecule has 3 nitrogen and oxygen atoms in total. The van der Waals surface area contributed by atoms with Gasteiger partial charge in [-0.25, -0.2) is 0 Å². The lowest BCUT2D eigenvalue weighted by Crippen LogP contribution is -2.37. The van der Waals surface area contributed by atoms with Crippen LogP contribution >= 0.6 is 0 Å². The Morgan fingerprint density at radius 3 is 2.58 bits per heavy atom. The zero-order valence-electron chi connectivity index (χ0n) is 15.6. The van der Waals surface area contributed by atoms with Crippen molar-refractivity contribution < 1.29 is 4.74 Å². The summed E-state index contributed by atoms with van der Waals surface area (Å²) >= 11 is 0. The molecule has 0 spiro atoms. The molecule has 24 heavy (non-hydrogen) atoms. The Morgan fingerprint density at radius 2 is 1.83 bits per heavy atom. The maximum absolute atomic E-state index is 5.89. The smallest absolute Gasteiger partial charge is 0.0599 e. The standard InChI is InChI=1S/C21H32N2O/c1-4-16-24-19-10-14-22(15-11-19)12-7-13-23-18(3)17(2)20-8-5-6-9-21(20)23/h5-6,8-9,19H,4,7,10-16H2,1-3H3. The second kappa shape index (κ2) is 8.17. The Morgan fingerprint density at radius 1 is 1.08 bits per heavy atom. The molecular weight excluding hydrogens is 296 g/mol. The van der Waals surface area contributed by atoms with E-state index in [1.54, 1.807) is 0 Å². The summed E-state index contributed by atoms with van der Waals surface area (Å²) in [4.78, 5) is 2.61. The number of aromatic nitrogens is 1. The van der Waals surface area contributed by atoms with Gasteiger partial charge in [0, 0.05) is 42.8 Å². The molecule has 1 fully saturated rings. The number of hydrogen-bond acceptors (Lipinski definition) is 2. The van der Waals surface area contributed by atoms with E-state index in [2.05, 4.69) is 54.5 Å². The van der Waals surface area contributed by atoms with Gasteiger partial charge in [0.05, 0.1) is 6.10 Å². The Balaban J connectivity index is 1.50. The first-order valence-corrected chi connectivity index (χ1v) is 9.59. The van der Waals surface area contributed by atoms with Gasteiger partial charge in [0.25, 0.3) is 0 Å². The van der Waals surface area contributed by atoms with Crippen molar-refractivity contribution in [3.63, 3.8) is 0 Å². The average Bonchev–Trinajstić information content (AvgIpc) is 2.86. The normalized spacial score (nSPS) is 17.0. The maximum atomic E-state index is 5.89. The van der Waals surface area contributed by atoms with Gasteiger partial charge in [0.15, 0.2) is 0 Å². The lowest BCUT2D eigenvalue weighted by Gasteiger charge is -2.31. The summed E-state index contributed by atoms with van der Waals surface area (Å²) in [5.41, 5.74) is 4.24. The molecule has 0 N–H and O–H groups in total. The number of rotatable bonds is 7. The van der Waals surface area contributed by atoms with Gasteiger partial charge in [-0.15, -0.1) is 0 Å². The highest BCUT2D eigenvalue weighted by Crippen LogP contribution is 2.25. The number of ether oxygens (including phenoxy) is 1. The second-order valence-electron chi connectivity index (χ2n) is 7.14. The quantitative estimate of drug-likeness (QED) is 0.742. The number of para-hydroxylation sites is 1. The van der Waals surface area contributed by atoms with Crippen LogP contribution in [0.3, 0.4) is 0 Å². The van der Waals surface area contributed by atoms with Gasteiger partial charge in [0.2, 0.25) is 0 Å². The number of fused-ring (bicyclic) bond motifs is 1. The summed E-state index contributed by atoms with van der Waals surface area (Å²) < 4.78 is 8.39. The number of piperidine rings is 1. The topological polar surface area (TPSA) is 17.4 Å². The van der Waals surface area contributed by atoms with Gasteiger partial charge in [-0.05, 0) is 57.7 Å². The first-order valence-electron chi connectivity index (χ1n) is 9.59. The molecule has 1 aliphatic heterocycles. The minimum atomic E-state index is 0.500. The minimum absolute atomic E-state index is 0.500. The molecule has 0 unspecified atom stereocenters. The fourth-order valence-corrected chi connectivity index (χ4v) is 3.93. The number of likely N-dealkylation sites (tertiary alicyclic amines) is 1. The number of aryl methyl sites for hydroxylation is 2. The molecule has 0 atom stereocenters. The van der Waals surface area contributed by atoms with Crippen molar-refractivity contribution in [1.82, 2.24) is 9.47 Å². The van der Waals surface area contributed by atoms with E-state index in [4.69, 9.17) is 4.74 Å². The first-order chi connectivity index (χ1) is 11.7. The van der Waals surface area contributed by atoms with Crippen molar-refractivity contribution in [2.45, 2.75) is 59.1 Å². The van der Waals surface area contributed by atoms with Crippen molar-refractivity contribution in [3.8, 4) is 0 Å². The van der Waals surface area contributed by atoms with E-state index in [9.17, 15) is 0 Å². The molecule has 0 amide bonds. The molecule has 0 aliphatic carbocycles. The Labute approximate surface area is 146 Å². The Hall–Kier alpha value is -1.32. The van der Waals surface area contributed by atoms with Crippen LogP contribution in [0.2, 0.25) is 0 Å². The zero-order chi connectivity index (χ0) is 16.9. The molecule has 2 aromatic rings. The van der Waals surface area contributed by atoms with Crippen molar-refractivity contribution in [2.75, 3.05) is 26.2 Å². The van der Waals surface area contributed by atoms with Crippen molar-refractivity contribution in [1.29, 1.82) is 0 Å². The predicted octanol–water partition coefficient (Wildman–Crippen LogP) is 4.54. The van der Waals surface area contributed by atoms with E-state index in [0.717, 1.165) is 19.6 Å². The lowest BCUT2D eigenvalue weighted by molar-refractivity contribution is 0.00758. The third-order valence-corrected chi connectivity index (χ3v) is 5.49. The number of nitrogens with zero attached hydrogens (tertiary/aromatic N) is 2. The highest BCUT2D eigenvalue weighted by molar-refractivity contribution is 5.85. The summed E-state index contributed by atoms with van der Waals surface area (Å²) in [5.74, 6) is 0. The van der Waals surface area contributed by atoms with Crippen LogP contribution < -0.4 is 0 Å². The van der Waals surface area contributed by atoms with Crippen molar-refractivity contribution in [3.05, 3.63) is 35.5 Å². The van der Waals surface area contributed by atoms with Crippen LogP contribution in [0.1, 0.15) is 43.9 Å². The average molecular weight is 329 g/mol. The van der Waals surface area contributed by atoms with Gasteiger partial charge in [-0.2, -0.15) is 0 Å². The summed E-state index contributed by atoms with van der Waals surface area (Å²) in [7, 11) is 0. The molecule has 1 aromatic heterocycles. The molecule has 3 rings (SSSR count). The maximum Gasteiger partial charge on any atom is 0.0599 e. The summed E-state index contributed by atoms with van der Waals surface area (Å²) in [6, 6.07) is 8.80. The highest BCUT2D eigenvalue weighted by Gasteiger charge is 2.19. The van der Waals surface area contributed by atoms with Crippen LogP contribution in [0.25, 0.3) is 10.9 Å². The predicted molar refractivity (Wildman–Crippen MR) is 102 cm³/mol. The fourth-order valence-electron chi connectivity index (χ4n) is 3.93. The third-order valence-electron chi connectivity index (χ3n) is 5.49. The van der Waals surface area contributed by atoms with Gasteiger partial charge < -0.3 is 14.2 Å². The van der Waals surface area contributed by atoms with E-state index in [1.807, 2.05) is 0 Å². The van der Waals surface area contributed by atoms with Gasteiger partial charge >= 0.3 is 0 Å². The second-order valence-corrected chi connectivity index (χ2v) is 7.14. The Kier molecular flexibility index (Phi) is 5.96. The zero-order valence-corrected chi connectivity index (χ0v) is 15.6. The van der Waals surface area contributed by atoms with Crippen LogP contribution in [0.4, 0.5) is 0 Å². The minimum Gasteiger partial charge on any atom is -0.378 e. The molecule has 0 radical (unpaired) electrons. The highest BCUT2D eigenvalue weighted by atomic mass is 16.5. The lowest BCUT2D eigenvalue weighted by atomic mass is 10.1. The van der Waals surface area contributed by atoms with E-state index in [-0.39, 0.29) is 0 Å². The van der Waals surface area contributed by atoms with Crippen LogP contribution in [-0.4, -0.2) is 41.8 Å². The number of benzene rings is 1. The largest absolute Gasteiger partial charge is 0.378 e. The molecule has 132 valence electrons. The molecule has 2 heterocycles. The van der Waals surface area contributed by atoms with Crippen LogP contribution in [0, 0.1) is 13.8 Å². The van der Waals surface area contributed by atoms with Gasteiger partial charge in [-0.1, -0.05) is 25.1 Å². The van der Waals surface area contributed by atoms with Gasteiger partial charge in [0.1, 0.15) is 0 Å². The van der Waals surface area contributed by atoms with Gasteiger partial charge in [-0.3, -0.25) is 0 Å². The van der Waals surface area contributed by atoms with E-state index < -0.39 is 0 Å². The summed E-state index contributed by atoms with van der Waals surface area (Å²) in [6.45, 7) is 12.3. The summed E-state index contributed by atoms with van der Waals surface area (Å²) in [6.07, 6.45) is 5.25. The van der Waals surface area contributed by atoms with Crippen LogP contribution in [-0.2, 0) is 11.3 Å². The molecule has 1 aromatic carbocycles. The molecule has 1 saturated heterocycles. The van der Waals surface area contributed by atoms with Crippen molar-refractivity contribution in [2.24, 2.45) is 0 Å². The van der Waals surface area contributed by atoms with Crippen LogP contribution in [0.5, 0.6) is 0 Å². The molecule has 1 aliphatic rings. The molecule has 0 saturated carbocycles. The Bertz CT molecular complexity index is 653. The monoisotopic (exact) mass is 328 g/mol. The summed E-state index contributed by atoms with van der Waals surface area (Å²) in [5, 5.41) is 1.41. The van der Waals surface area contributed by atoms with Crippen molar-refractivity contribution >= 4 is 10.9 Å². The molecular formula is C21H32N2O. The SMILES string of the molecule is CCCOC1CCN(CCCn2c(C)c(C)c3ccccc32)CC1. The molecule has 0 bridgehead atoms. The first kappa shape index (κ1) is 17.5. The fraction of sp³-hybridized carbons (Fsp3) is 0.619. The van der Waals surface area contributed by atoms with E-state index in [1.165, 1.54) is 61.1 Å². The van der Waals surface area contributed by atoms with E-state index in [0.29, 0.717) is 6.10 Å². The number of hydrogen-bond donors (Lipinski definition) is 0. The molecule has 3 heteroatoms. The third kappa shape index (κ3) is 3.84. The van der Waals surface area contributed by atoms with E-state index >= 15 is 0 Å². The van der Waals surface area contributed by atoms with Crippen LogP contribution in [0.15, 0.2) is 24.3 Å².